The minimum absolute atomic E-state index is 0.123. The van der Waals surface area contributed by atoms with Crippen molar-refractivity contribution in [2.45, 2.75) is 96.2 Å². The van der Waals surface area contributed by atoms with Crippen LogP contribution in [0.3, 0.4) is 0 Å². The van der Waals surface area contributed by atoms with Crippen molar-refractivity contribution in [3.8, 4) is 28.8 Å². The van der Waals surface area contributed by atoms with Gasteiger partial charge in [0.1, 0.15) is 36.0 Å². The molecule has 6 aromatic rings. The Kier molecular flexibility index (Phi) is 11.9. The molecule has 0 amide bonds. The summed E-state index contributed by atoms with van der Waals surface area (Å²) in [6, 6.07) is 20.3. The molecule has 11 heteroatoms. The van der Waals surface area contributed by atoms with Crippen LogP contribution in [-0.2, 0) is 13.1 Å². The van der Waals surface area contributed by atoms with E-state index in [4.69, 9.17) is 33.2 Å². The van der Waals surface area contributed by atoms with Crippen molar-refractivity contribution in [3.05, 3.63) is 105 Å². The summed E-state index contributed by atoms with van der Waals surface area (Å²) in [4.78, 5) is 28.2. The van der Waals surface area contributed by atoms with Gasteiger partial charge in [-0.25, -0.2) is 19.6 Å². The smallest absolute Gasteiger partial charge is 0.263 e. The maximum absolute atomic E-state index is 14.4. The van der Waals surface area contributed by atoms with Crippen molar-refractivity contribution in [2.75, 3.05) is 5.73 Å². The Labute approximate surface area is 320 Å². The van der Waals surface area contributed by atoms with Gasteiger partial charge in [0.25, 0.3) is 5.56 Å². The molecule has 278 valence electrons. The molecule has 10 nitrogen and oxygen atoms in total. The van der Waals surface area contributed by atoms with E-state index in [1.807, 2.05) is 42.5 Å². The normalized spacial score (nSPS) is 14.6. The molecule has 0 aliphatic heterocycles. The number of aromatic hydroxyl groups is 1. The number of halogens is 1. The Morgan fingerprint density at radius 2 is 1.63 bits per heavy atom. The van der Waals surface area contributed by atoms with E-state index < -0.39 is 0 Å². The lowest BCUT2D eigenvalue weighted by Crippen LogP contribution is -2.28. The Morgan fingerprint density at radius 3 is 2.37 bits per heavy atom. The van der Waals surface area contributed by atoms with Gasteiger partial charge in [0.05, 0.1) is 22.8 Å². The average Bonchev–Trinajstić information content (AvgIpc) is 3.96. The highest BCUT2D eigenvalue weighted by Gasteiger charge is 2.21. The van der Waals surface area contributed by atoms with E-state index in [2.05, 4.69) is 21.8 Å². The summed E-state index contributed by atoms with van der Waals surface area (Å²) in [5.74, 6) is 8.39. The van der Waals surface area contributed by atoms with Crippen molar-refractivity contribution in [3.63, 3.8) is 0 Å². The van der Waals surface area contributed by atoms with Gasteiger partial charge in [0.15, 0.2) is 5.65 Å². The number of nitrogens with zero attached hydrogens (tertiary/aromatic N) is 6. The Hall–Kier alpha value is -5.24. The molecule has 2 aliphatic rings. The lowest BCUT2D eigenvalue weighted by atomic mass is 10.00. The number of hydrogen-bond acceptors (Lipinski definition) is 8. The van der Waals surface area contributed by atoms with Gasteiger partial charge < -0.3 is 16.6 Å². The van der Waals surface area contributed by atoms with E-state index in [0.717, 1.165) is 29.9 Å². The number of benzene rings is 3. The van der Waals surface area contributed by atoms with Crippen LogP contribution in [0.25, 0.3) is 33.2 Å². The monoisotopic (exact) mass is 742 g/mol. The summed E-state index contributed by atoms with van der Waals surface area (Å²) in [6.45, 7) is 0.332. The number of hydrogen-bond donors (Lipinski definition) is 3. The van der Waals surface area contributed by atoms with E-state index in [1.54, 1.807) is 33.5 Å². The summed E-state index contributed by atoms with van der Waals surface area (Å²) in [7, 11) is 0. The van der Waals surface area contributed by atoms with Crippen LogP contribution in [-0.4, -0.2) is 40.4 Å². The molecule has 8 rings (SSSR count). The number of phenolic OH excluding ortho intramolecular Hbond substituents is 1. The number of nitrogens with two attached hydrogens (primary N) is 2. The van der Waals surface area contributed by atoms with E-state index in [1.165, 1.54) is 70.5 Å². The second-order valence-electron chi connectivity index (χ2n) is 14.5. The number of rotatable bonds is 9. The van der Waals surface area contributed by atoms with Crippen molar-refractivity contribution in [1.82, 2.24) is 29.3 Å². The summed E-state index contributed by atoms with van der Waals surface area (Å²) < 4.78 is 3.33. The molecule has 2 aliphatic carbocycles. The molecule has 0 bridgehead atoms. The Bertz CT molecular complexity index is 2350. The van der Waals surface area contributed by atoms with Gasteiger partial charge in [-0.3, -0.25) is 9.36 Å². The third-order valence-electron chi connectivity index (χ3n) is 10.6. The predicted molar refractivity (Wildman–Crippen MR) is 216 cm³/mol. The molecule has 0 atom stereocenters. The second kappa shape index (κ2) is 17.3. The van der Waals surface area contributed by atoms with Crippen LogP contribution in [0.15, 0.2) is 77.9 Å². The van der Waals surface area contributed by atoms with Gasteiger partial charge in [-0.1, -0.05) is 99.1 Å². The van der Waals surface area contributed by atoms with E-state index >= 15 is 0 Å². The lowest BCUT2D eigenvalue weighted by molar-refractivity contribution is 0.475. The fraction of sp³-hybridized carbons (Fsp3) is 0.372. The van der Waals surface area contributed by atoms with E-state index in [0.29, 0.717) is 50.1 Å². The minimum atomic E-state index is -0.203. The third kappa shape index (κ3) is 8.59. The van der Waals surface area contributed by atoms with Crippen molar-refractivity contribution < 1.29 is 5.11 Å². The standard InChI is InChI=1S/C38H36ClN7O2.C5H11N/c39-30-16-8-7-14-28(30)22-45-32(23-46-37-34(36(40)41-24-42-37)35(44-46)27-18-20-29(47)21-19-27)43-31-17-9-15-26(33(31)38(45)48)13-4-2-1-3-10-25-11-5-6-12-25;6-5-3-1-2-4-5/h7-9,14-21,24-25,47H,1-3,5-6,10-12,22-23H2,(H2,40,41,42);5H,1-4,6H2. The molecule has 2 fully saturated rings. The van der Waals surface area contributed by atoms with Gasteiger partial charge in [-0.15, -0.1) is 0 Å². The first-order chi connectivity index (χ1) is 26.4. The Balaban J connectivity index is 0.000000684. The molecule has 0 saturated heterocycles. The van der Waals surface area contributed by atoms with Crippen LogP contribution in [0.1, 0.15) is 94.0 Å². The number of nitrogen functional groups attached to an aromatic ring is 1. The van der Waals surface area contributed by atoms with Gasteiger partial charge in [0, 0.05) is 28.6 Å². The molecule has 0 spiro atoms. The number of anilines is 1. The lowest BCUT2D eigenvalue weighted by Gasteiger charge is -2.15. The van der Waals surface area contributed by atoms with Crippen LogP contribution in [0, 0.1) is 17.8 Å². The van der Waals surface area contributed by atoms with Crippen LogP contribution >= 0.6 is 11.6 Å². The summed E-state index contributed by atoms with van der Waals surface area (Å²) in [6.07, 6.45) is 16.5. The number of fused-ring (bicyclic) bond motifs is 2. The summed E-state index contributed by atoms with van der Waals surface area (Å²) in [5.41, 5.74) is 15.5. The molecule has 3 aromatic carbocycles. The first-order valence-corrected chi connectivity index (χ1v) is 19.5. The fourth-order valence-electron chi connectivity index (χ4n) is 7.65. The maximum Gasteiger partial charge on any atom is 0.263 e. The molecule has 5 N–H and O–H groups in total. The molecule has 2 saturated carbocycles. The first-order valence-electron chi connectivity index (χ1n) is 19.1. The zero-order chi connectivity index (χ0) is 37.4. The zero-order valence-electron chi connectivity index (χ0n) is 30.6. The van der Waals surface area contributed by atoms with Gasteiger partial charge in [-0.05, 0) is 73.2 Å². The second-order valence-corrected chi connectivity index (χ2v) is 14.9. The van der Waals surface area contributed by atoms with Gasteiger partial charge in [-0.2, -0.15) is 5.10 Å². The SMILES string of the molecule is NC1CCCC1.Nc1ncnc2c1c(-c1ccc(O)cc1)nn2Cc1nc2cccc(C#CCCCCC3CCCC3)c2c(=O)n1Cc1ccccc1Cl. The van der Waals surface area contributed by atoms with Crippen molar-refractivity contribution in [2.24, 2.45) is 11.7 Å². The topological polar surface area (TPSA) is 151 Å². The molecule has 54 heavy (non-hydrogen) atoms. The molecule has 0 radical (unpaired) electrons. The summed E-state index contributed by atoms with van der Waals surface area (Å²) in [5, 5.41) is 16.3. The highest BCUT2D eigenvalue weighted by atomic mass is 35.5. The maximum atomic E-state index is 14.4. The third-order valence-corrected chi connectivity index (χ3v) is 11.0. The first kappa shape index (κ1) is 37.1. The van der Waals surface area contributed by atoms with Crippen molar-refractivity contribution >= 4 is 39.4 Å². The molecular formula is C43H47ClN8O2. The quantitative estimate of drug-likeness (QED) is 0.0990. The van der Waals surface area contributed by atoms with Crippen LogP contribution in [0.2, 0.25) is 5.02 Å². The van der Waals surface area contributed by atoms with Gasteiger partial charge >= 0.3 is 0 Å². The van der Waals surface area contributed by atoms with Crippen LogP contribution in [0.4, 0.5) is 5.82 Å². The van der Waals surface area contributed by atoms with Crippen LogP contribution < -0.4 is 17.0 Å². The molecule has 3 heterocycles. The highest BCUT2D eigenvalue weighted by Crippen LogP contribution is 2.32. The average molecular weight is 743 g/mol. The van der Waals surface area contributed by atoms with Crippen LogP contribution in [0.5, 0.6) is 5.75 Å². The predicted octanol–water partition coefficient (Wildman–Crippen LogP) is 8.23. The fourth-order valence-corrected chi connectivity index (χ4v) is 7.85. The highest BCUT2D eigenvalue weighted by molar-refractivity contribution is 6.31. The number of aromatic nitrogens is 6. The zero-order valence-corrected chi connectivity index (χ0v) is 31.3. The Morgan fingerprint density at radius 1 is 0.870 bits per heavy atom. The van der Waals surface area contributed by atoms with Gasteiger partial charge in [0.2, 0.25) is 0 Å². The van der Waals surface area contributed by atoms with E-state index in [-0.39, 0.29) is 30.2 Å². The number of phenols is 1. The molecule has 3 aromatic heterocycles. The minimum Gasteiger partial charge on any atom is -0.508 e. The number of unbranched alkanes of at least 4 members (excludes halogenated alkanes) is 2. The van der Waals surface area contributed by atoms with Crippen molar-refractivity contribution in [1.29, 1.82) is 0 Å². The van der Waals surface area contributed by atoms with E-state index in [9.17, 15) is 9.90 Å². The summed E-state index contributed by atoms with van der Waals surface area (Å²) >= 11 is 6.59. The molecular weight excluding hydrogens is 696 g/mol. The largest absolute Gasteiger partial charge is 0.508 e. The molecule has 0 unspecified atom stereocenters.